The minimum absolute atomic E-state index is 0.0107. The van der Waals surface area contributed by atoms with Gasteiger partial charge in [0.2, 0.25) is 5.91 Å². The van der Waals surface area contributed by atoms with Crippen molar-refractivity contribution in [2.45, 2.75) is 117 Å². The van der Waals surface area contributed by atoms with Crippen LogP contribution in [0.3, 0.4) is 0 Å². The van der Waals surface area contributed by atoms with Gasteiger partial charge in [-0.1, -0.05) is 114 Å². The monoisotopic (exact) mass is 733 g/mol. The van der Waals surface area contributed by atoms with E-state index in [1.54, 1.807) is 0 Å². The van der Waals surface area contributed by atoms with Gasteiger partial charge in [-0.05, 0) is 85.9 Å². The molecule has 0 unspecified atom stereocenters. The molecule has 0 radical (unpaired) electrons. The quantitative estimate of drug-likeness (QED) is 0.143. The van der Waals surface area contributed by atoms with Crippen LogP contribution in [0, 0.1) is 23.7 Å². The Labute approximate surface area is 315 Å². The van der Waals surface area contributed by atoms with Gasteiger partial charge in [-0.3, -0.25) is 9.69 Å². The van der Waals surface area contributed by atoms with Crippen molar-refractivity contribution in [3.05, 3.63) is 97.1 Å². The van der Waals surface area contributed by atoms with E-state index in [0.717, 1.165) is 39.1 Å². The lowest BCUT2D eigenvalue weighted by atomic mass is 9.93. The van der Waals surface area contributed by atoms with E-state index in [9.17, 15) is 4.79 Å². The first-order chi connectivity index (χ1) is 23.7. The lowest BCUT2D eigenvalue weighted by Crippen LogP contribution is -2.42. The molecule has 51 heavy (non-hydrogen) atoms. The van der Waals surface area contributed by atoms with E-state index < -0.39 is 16.6 Å². The first-order valence-electron chi connectivity index (χ1n) is 19.4. The summed E-state index contributed by atoms with van der Waals surface area (Å²) in [6.45, 7) is 39.9. The third-order valence-corrected chi connectivity index (χ3v) is 21.6. The zero-order chi connectivity index (χ0) is 38.2. The Morgan fingerprint density at radius 3 is 1.57 bits per heavy atom. The molecule has 2 aliphatic heterocycles. The molecule has 2 fully saturated rings. The summed E-state index contributed by atoms with van der Waals surface area (Å²) >= 11 is 0. The first kappa shape index (κ1) is 43.1. The Kier molecular flexibility index (Phi) is 15.3. The van der Waals surface area contributed by atoms with Crippen molar-refractivity contribution in [1.29, 1.82) is 0 Å². The highest BCUT2D eigenvalue weighted by molar-refractivity contribution is 6.74. The maximum absolute atomic E-state index is 13.1. The summed E-state index contributed by atoms with van der Waals surface area (Å²) in [7, 11) is -3.50. The molecule has 0 bridgehead atoms. The number of carbonyl (C=O) groups excluding carboxylic acids is 1. The van der Waals surface area contributed by atoms with Gasteiger partial charge in [-0.15, -0.1) is 13.2 Å². The average molecular weight is 733 g/mol. The second-order valence-corrected chi connectivity index (χ2v) is 27.8. The predicted octanol–water partition coefficient (Wildman–Crippen LogP) is 11.3. The van der Waals surface area contributed by atoms with Crippen LogP contribution in [-0.4, -0.2) is 65.2 Å². The number of hydrogen-bond donors (Lipinski definition) is 0. The average Bonchev–Trinajstić information content (AvgIpc) is 3.62. The lowest BCUT2D eigenvalue weighted by Gasteiger charge is -2.37. The minimum Gasteiger partial charge on any atom is -0.416 e. The van der Waals surface area contributed by atoms with Gasteiger partial charge in [0.25, 0.3) is 0 Å². The molecule has 2 aliphatic rings. The van der Waals surface area contributed by atoms with Crippen LogP contribution < -0.4 is 0 Å². The van der Waals surface area contributed by atoms with Gasteiger partial charge >= 0.3 is 0 Å². The smallest absolute Gasteiger partial charge is 0.226 e. The van der Waals surface area contributed by atoms with Gasteiger partial charge < -0.3 is 13.8 Å². The summed E-state index contributed by atoms with van der Waals surface area (Å²) in [5, 5.41) is 0.455. The van der Waals surface area contributed by atoms with E-state index in [1.807, 2.05) is 29.2 Å². The van der Waals surface area contributed by atoms with Crippen LogP contribution in [-0.2, 0) is 13.6 Å². The molecule has 5 nitrogen and oxygen atoms in total. The molecular weight excluding hydrogens is 661 g/mol. The second-order valence-electron chi connectivity index (χ2n) is 18.2. The molecule has 2 aromatic carbocycles. The number of allylic oxidation sites excluding steroid dienone is 2. The zero-order valence-corrected chi connectivity index (χ0v) is 36.4. The normalized spacial score (nSPS) is 23.1. The van der Waals surface area contributed by atoms with Crippen LogP contribution in [0.5, 0.6) is 0 Å². The number of hydrogen-bond acceptors (Lipinski definition) is 4. The van der Waals surface area contributed by atoms with E-state index in [-0.39, 0.29) is 33.9 Å². The highest BCUT2D eigenvalue weighted by atomic mass is 28.4. The van der Waals surface area contributed by atoms with Gasteiger partial charge in [0.05, 0.1) is 6.04 Å². The SMILES string of the molecule is C=CC[C@@H]1C(=O)N([C@H](C)c2ccccc2)C[C@H]1CO[Si](C)(C)C(C)(C)C.C=CC[C@@H]1CN([C@H](C)c2ccccc2)C[C@H]1CO[Si](C)(C)C(C)(C)C. The molecule has 6 atom stereocenters. The van der Waals surface area contributed by atoms with Crippen molar-refractivity contribution in [2.75, 3.05) is 32.8 Å². The Morgan fingerprint density at radius 2 is 1.12 bits per heavy atom. The third-order valence-electron chi connectivity index (χ3n) is 12.6. The van der Waals surface area contributed by atoms with Crippen molar-refractivity contribution in [1.82, 2.24) is 9.80 Å². The summed E-state index contributed by atoms with van der Waals surface area (Å²) in [6, 6.07) is 21.7. The van der Waals surface area contributed by atoms with Crippen LogP contribution >= 0.6 is 0 Å². The van der Waals surface area contributed by atoms with Crippen LogP contribution in [0.4, 0.5) is 0 Å². The summed E-state index contributed by atoms with van der Waals surface area (Å²) in [5.41, 5.74) is 2.59. The van der Waals surface area contributed by atoms with Gasteiger partial charge in [-0.2, -0.15) is 0 Å². The zero-order valence-electron chi connectivity index (χ0n) is 34.4. The van der Waals surface area contributed by atoms with Gasteiger partial charge in [0.15, 0.2) is 16.6 Å². The van der Waals surface area contributed by atoms with Crippen LogP contribution in [0.15, 0.2) is 86.0 Å². The van der Waals surface area contributed by atoms with Crippen LogP contribution in [0.25, 0.3) is 0 Å². The molecule has 1 amide bonds. The maximum atomic E-state index is 13.1. The molecule has 284 valence electrons. The standard InChI is InChI=1S/C22H35NO2Si.C22H37NOSi/c1-8-12-20-19(16-25-26(6,7)22(3,4)5)15-23(21(20)24)17(2)18-13-10-9-11-14-18;1-8-12-20-15-23(18(2)19-13-10-9-11-14-19)16-21(20)17-24-25(6,7)22(3,4)5/h8-11,13-14,17,19-20H,1,12,15-16H2,2-7H3;8-11,13-14,18,20-21H,1,12,15-17H2,2-7H3/t17-,19+,20+;18-,20-,21+/m11/s1. The van der Waals surface area contributed by atoms with E-state index in [4.69, 9.17) is 8.85 Å². The molecule has 2 heterocycles. The molecule has 2 saturated heterocycles. The Morgan fingerprint density at radius 1 is 0.686 bits per heavy atom. The van der Waals surface area contributed by atoms with Crippen molar-refractivity contribution < 1.29 is 13.6 Å². The fourth-order valence-corrected chi connectivity index (χ4v) is 8.88. The number of likely N-dealkylation sites (tertiary alicyclic amines) is 2. The molecule has 7 heteroatoms. The fraction of sp³-hybridized carbons (Fsp3) is 0.614. The fourth-order valence-electron chi connectivity index (χ4n) is 6.75. The summed E-state index contributed by atoms with van der Waals surface area (Å²) in [6.07, 6.45) is 5.77. The van der Waals surface area contributed by atoms with E-state index in [0.29, 0.717) is 24.5 Å². The van der Waals surface area contributed by atoms with Gasteiger partial charge in [0, 0.05) is 50.7 Å². The highest BCUT2D eigenvalue weighted by Crippen LogP contribution is 2.41. The van der Waals surface area contributed by atoms with Crippen LogP contribution in [0.1, 0.15) is 91.4 Å². The molecular formula is C44H72N2O3Si2. The molecule has 0 aliphatic carbocycles. The Hall–Kier alpha value is -2.30. The number of carbonyl (C=O) groups is 1. The van der Waals surface area contributed by atoms with Gasteiger partial charge in [0.1, 0.15) is 0 Å². The summed E-state index contributed by atoms with van der Waals surface area (Å²) in [5.74, 6) is 1.74. The summed E-state index contributed by atoms with van der Waals surface area (Å²) in [4.78, 5) is 17.7. The van der Waals surface area contributed by atoms with Crippen molar-refractivity contribution in [2.24, 2.45) is 23.7 Å². The largest absolute Gasteiger partial charge is 0.416 e. The third kappa shape index (κ3) is 11.3. The molecule has 0 N–H and O–H groups in total. The van der Waals surface area contributed by atoms with Crippen molar-refractivity contribution >= 4 is 22.5 Å². The predicted molar refractivity (Wildman–Crippen MR) is 223 cm³/mol. The molecule has 0 saturated carbocycles. The molecule has 0 aromatic heterocycles. The first-order valence-corrected chi connectivity index (χ1v) is 25.2. The number of benzene rings is 2. The van der Waals surface area contributed by atoms with Crippen molar-refractivity contribution in [3.63, 3.8) is 0 Å². The second kappa shape index (κ2) is 18.2. The molecule has 0 spiro atoms. The number of nitrogens with zero attached hydrogens (tertiary/aromatic N) is 2. The Balaban J connectivity index is 0.000000276. The molecule has 4 rings (SSSR count). The minimum atomic E-state index is -1.82. The molecule has 2 aromatic rings. The topological polar surface area (TPSA) is 42.0 Å². The lowest BCUT2D eigenvalue weighted by molar-refractivity contribution is -0.132. The maximum Gasteiger partial charge on any atom is 0.226 e. The van der Waals surface area contributed by atoms with E-state index >= 15 is 0 Å². The summed E-state index contributed by atoms with van der Waals surface area (Å²) < 4.78 is 13.0. The van der Waals surface area contributed by atoms with Crippen molar-refractivity contribution in [3.8, 4) is 0 Å². The van der Waals surface area contributed by atoms with Crippen LogP contribution in [0.2, 0.25) is 36.3 Å². The number of amides is 1. The van der Waals surface area contributed by atoms with E-state index in [1.165, 1.54) is 11.1 Å². The highest BCUT2D eigenvalue weighted by Gasteiger charge is 2.44. The number of rotatable bonds is 14. The Bertz CT molecular complexity index is 1380. The van der Waals surface area contributed by atoms with Gasteiger partial charge in [-0.25, -0.2) is 0 Å². The van der Waals surface area contributed by atoms with E-state index in [2.05, 4.69) is 148 Å².